The van der Waals surface area contributed by atoms with Gasteiger partial charge in [-0.3, -0.25) is 0 Å². The molecular weight excluding hydrogens is 244 g/mol. The monoisotopic (exact) mass is 258 g/mol. The second-order valence-electron chi connectivity index (χ2n) is 3.48. The fourth-order valence-corrected chi connectivity index (χ4v) is 1.33. The summed E-state index contributed by atoms with van der Waals surface area (Å²) in [7, 11) is 1.64. The first-order chi connectivity index (χ1) is 6.55. The molecule has 0 bridgehead atoms. The summed E-state index contributed by atoms with van der Waals surface area (Å²) in [6.07, 6.45) is 0. The second-order valence-corrected chi connectivity index (χ2v) is 4.34. The van der Waals surface area contributed by atoms with E-state index < -0.39 is 5.79 Å². The molecule has 0 aliphatic carbocycles. The standard InChI is InChI=1S/C11H15BrO2/c1-11(2,13-3)14-8-9-6-4-5-7-10(9)12/h4-7H,8H2,1-3H3. The molecule has 0 heterocycles. The van der Waals surface area contributed by atoms with Crippen molar-refractivity contribution < 1.29 is 9.47 Å². The topological polar surface area (TPSA) is 18.5 Å². The molecule has 14 heavy (non-hydrogen) atoms. The molecule has 0 amide bonds. The lowest BCUT2D eigenvalue weighted by Crippen LogP contribution is -2.26. The van der Waals surface area contributed by atoms with Crippen LogP contribution in [0.5, 0.6) is 0 Å². The Morgan fingerprint density at radius 1 is 1.29 bits per heavy atom. The van der Waals surface area contributed by atoms with E-state index in [1.54, 1.807) is 7.11 Å². The van der Waals surface area contributed by atoms with Crippen LogP contribution in [-0.2, 0) is 16.1 Å². The number of hydrogen-bond donors (Lipinski definition) is 0. The third-order valence-electron chi connectivity index (χ3n) is 2.02. The molecule has 78 valence electrons. The summed E-state index contributed by atoms with van der Waals surface area (Å²) in [4.78, 5) is 0. The van der Waals surface area contributed by atoms with Gasteiger partial charge in [0, 0.05) is 11.6 Å². The minimum atomic E-state index is -0.532. The third-order valence-corrected chi connectivity index (χ3v) is 2.80. The van der Waals surface area contributed by atoms with E-state index in [1.807, 2.05) is 38.1 Å². The predicted molar refractivity (Wildman–Crippen MR) is 60.0 cm³/mol. The lowest BCUT2D eigenvalue weighted by molar-refractivity contribution is -0.204. The molecule has 0 radical (unpaired) electrons. The highest BCUT2D eigenvalue weighted by Crippen LogP contribution is 2.19. The van der Waals surface area contributed by atoms with E-state index in [9.17, 15) is 0 Å². The molecule has 0 saturated carbocycles. The summed E-state index contributed by atoms with van der Waals surface area (Å²) in [6, 6.07) is 7.99. The predicted octanol–water partition coefficient (Wildman–Crippen LogP) is 3.35. The van der Waals surface area contributed by atoms with E-state index in [4.69, 9.17) is 9.47 Å². The summed E-state index contributed by atoms with van der Waals surface area (Å²) in [5.74, 6) is -0.532. The van der Waals surface area contributed by atoms with Gasteiger partial charge in [-0.05, 0) is 25.5 Å². The van der Waals surface area contributed by atoms with Gasteiger partial charge < -0.3 is 9.47 Å². The van der Waals surface area contributed by atoms with Crippen molar-refractivity contribution in [3.05, 3.63) is 34.3 Å². The van der Waals surface area contributed by atoms with Crippen LogP contribution >= 0.6 is 15.9 Å². The van der Waals surface area contributed by atoms with E-state index >= 15 is 0 Å². The summed E-state index contributed by atoms with van der Waals surface area (Å²) in [6.45, 7) is 4.33. The Bertz CT molecular complexity index is 297. The number of ether oxygens (including phenoxy) is 2. The van der Waals surface area contributed by atoms with Crippen LogP contribution in [0, 0.1) is 0 Å². The Hall–Kier alpha value is -0.380. The van der Waals surface area contributed by atoms with E-state index in [-0.39, 0.29) is 0 Å². The summed E-state index contributed by atoms with van der Waals surface area (Å²) in [5, 5.41) is 0. The molecule has 0 unspecified atom stereocenters. The number of methoxy groups -OCH3 is 1. The van der Waals surface area contributed by atoms with Crippen LogP contribution in [0.1, 0.15) is 19.4 Å². The van der Waals surface area contributed by atoms with Gasteiger partial charge in [0.25, 0.3) is 0 Å². The maximum atomic E-state index is 5.59. The van der Waals surface area contributed by atoms with Gasteiger partial charge in [0.1, 0.15) is 0 Å². The Kier molecular flexibility index (Phi) is 4.11. The van der Waals surface area contributed by atoms with Gasteiger partial charge >= 0.3 is 0 Å². The van der Waals surface area contributed by atoms with Gasteiger partial charge in [-0.2, -0.15) is 0 Å². The minimum Gasteiger partial charge on any atom is -0.354 e. The highest BCUT2D eigenvalue weighted by molar-refractivity contribution is 9.10. The molecule has 0 aliphatic rings. The second kappa shape index (κ2) is 4.91. The first-order valence-electron chi connectivity index (χ1n) is 4.48. The van der Waals surface area contributed by atoms with Crippen molar-refractivity contribution in [2.45, 2.75) is 26.2 Å². The summed E-state index contributed by atoms with van der Waals surface area (Å²) < 4.78 is 11.8. The van der Waals surface area contributed by atoms with E-state index in [1.165, 1.54) is 0 Å². The van der Waals surface area contributed by atoms with Gasteiger partial charge in [0.05, 0.1) is 6.61 Å². The molecule has 3 heteroatoms. The molecule has 0 atom stereocenters. The molecule has 2 nitrogen and oxygen atoms in total. The zero-order chi connectivity index (χ0) is 10.6. The van der Waals surface area contributed by atoms with Crippen molar-refractivity contribution in [3.63, 3.8) is 0 Å². The number of halogens is 1. The van der Waals surface area contributed by atoms with Crippen LogP contribution < -0.4 is 0 Å². The molecular formula is C11H15BrO2. The van der Waals surface area contributed by atoms with Crippen molar-refractivity contribution in [2.24, 2.45) is 0 Å². The lowest BCUT2D eigenvalue weighted by Gasteiger charge is -2.23. The fourth-order valence-electron chi connectivity index (χ4n) is 0.926. The third kappa shape index (κ3) is 3.40. The molecule has 0 spiro atoms. The van der Waals surface area contributed by atoms with E-state index in [2.05, 4.69) is 15.9 Å². The van der Waals surface area contributed by atoms with Gasteiger partial charge in [0.15, 0.2) is 5.79 Å². The van der Waals surface area contributed by atoms with Crippen LogP contribution in [0.3, 0.4) is 0 Å². The minimum absolute atomic E-state index is 0.532. The van der Waals surface area contributed by atoms with Crippen LogP contribution in [0.15, 0.2) is 28.7 Å². The highest BCUT2D eigenvalue weighted by atomic mass is 79.9. The maximum Gasteiger partial charge on any atom is 0.162 e. The van der Waals surface area contributed by atoms with Crippen LogP contribution in [0.2, 0.25) is 0 Å². The molecule has 0 saturated heterocycles. The number of hydrogen-bond acceptors (Lipinski definition) is 2. The lowest BCUT2D eigenvalue weighted by atomic mass is 10.2. The first kappa shape index (κ1) is 11.7. The Balaban J connectivity index is 2.58. The van der Waals surface area contributed by atoms with E-state index in [0.29, 0.717) is 6.61 Å². The fraction of sp³-hybridized carbons (Fsp3) is 0.455. The summed E-state index contributed by atoms with van der Waals surface area (Å²) >= 11 is 3.47. The molecule has 1 rings (SSSR count). The number of benzene rings is 1. The van der Waals surface area contributed by atoms with E-state index in [0.717, 1.165) is 10.0 Å². The molecule has 1 aromatic rings. The zero-order valence-electron chi connectivity index (χ0n) is 8.71. The van der Waals surface area contributed by atoms with Crippen LogP contribution in [0.4, 0.5) is 0 Å². The molecule has 0 N–H and O–H groups in total. The van der Waals surface area contributed by atoms with Crippen LogP contribution in [-0.4, -0.2) is 12.9 Å². The molecule has 0 fully saturated rings. The Labute approximate surface area is 93.4 Å². The summed E-state index contributed by atoms with van der Waals surface area (Å²) in [5.41, 5.74) is 1.12. The highest BCUT2D eigenvalue weighted by Gasteiger charge is 2.16. The van der Waals surface area contributed by atoms with Crippen molar-refractivity contribution in [1.29, 1.82) is 0 Å². The molecule has 0 aromatic heterocycles. The average Bonchev–Trinajstić information content (AvgIpc) is 2.17. The van der Waals surface area contributed by atoms with Gasteiger partial charge in [-0.1, -0.05) is 34.1 Å². The van der Waals surface area contributed by atoms with Gasteiger partial charge in [-0.25, -0.2) is 0 Å². The number of rotatable bonds is 4. The van der Waals surface area contributed by atoms with Crippen molar-refractivity contribution in [2.75, 3.05) is 7.11 Å². The van der Waals surface area contributed by atoms with Crippen molar-refractivity contribution in [3.8, 4) is 0 Å². The van der Waals surface area contributed by atoms with Crippen molar-refractivity contribution in [1.82, 2.24) is 0 Å². The van der Waals surface area contributed by atoms with Crippen LogP contribution in [0.25, 0.3) is 0 Å². The smallest absolute Gasteiger partial charge is 0.162 e. The average molecular weight is 259 g/mol. The Morgan fingerprint density at radius 3 is 2.50 bits per heavy atom. The maximum absolute atomic E-state index is 5.59. The largest absolute Gasteiger partial charge is 0.354 e. The van der Waals surface area contributed by atoms with Crippen molar-refractivity contribution >= 4 is 15.9 Å². The molecule has 1 aromatic carbocycles. The normalized spacial score (nSPS) is 11.7. The molecule has 0 aliphatic heterocycles. The Morgan fingerprint density at radius 2 is 1.93 bits per heavy atom. The SMILES string of the molecule is COC(C)(C)OCc1ccccc1Br. The van der Waals surface area contributed by atoms with Gasteiger partial charge in [-0.15, -0.1) is 0 Å². The first-order valence-corrected chi connectivity index (χ1v) is 5.27. The zero-order valence-corrected chi connectivity index (χ0v) is 10.3. The van der Waals surface area contributed by atoms with Gasteiger partial charge in [0.2, 0.25) is 0 Å². The quantitative estimate of drug-likeness (QED) is 0.772.